The van der Waals surface area contributed by atoms with E-state index in [-0.39, 0.29) is 18.0 Å². The Kier molecular flexibility index (Phi) is 4.36. The summed E-state index contributed by atoms with van der Waals surface area (Å²) < 4.78 is 0. The minimum atomic E-state index is 0.142. The Labute approximate surface area is 99.4 Å². The largest absolute Gasteiger partial charge is 0.354 e. The normalized spacial score (nSPS) is 21.6. The summed E-state index contributed by atoms with van der Waals surface area (Å²) in [4.78, 5) is 11.6. The van der Waals surface area contributed by atoms with Crippen LogP contribution < -0.4 is 10.6 Å². The first kappa shape index (κ1) is 13.5. The molecule has 2 atom stereocenters. The van der Waals surface area contributed by atoms with Crippen molar-refractivity contribution in [2.24, 2.45) is 5.41 Å². The molecule has 1 amide bonds. The van der Waals surface area contributed by atoms with Gasteiger partial charge in [-0.15, -0.1) is 0 Å². The predicted molar refractivity (Wildman–Crippen MR) is 67.3 cm³/mol. The summed E-state index contributed by atoms with van der Waals surface area (Å²) in [7, 11) is 0. The van der Waals surface area contributed by atoms with Crippen LogP contribution in [0.3, 0.4) is 0 Å². The maximum atomic E-state index is 11.6. The van der Waals surface area contributed by atoms with Crippen LogP contribution in [0.1, 0.15) is 53.9 Å². The number of hydrogen-bond donors (Lipinski definition) is 2. The highest BCUT2D eigenvalue weighted by molar-refractivity contribution is 5.76. The van der Waals surface area contributed by atoms with Crippen molar-refractivity contribution in [3.63, 3.8) is 0 Å². The van der Waals surface area contributed by atoms with Crippen molar-refractivity contribution < 1.29 is 4.79 Å². The Morgan fingerprint density at radius 1 is 1.25 bits per heavy atom. The summed E-state index contributed by atoms with van der Waals surface area (Å²) in [6.07, 6.45) is 3.19. The number of amides is 1. The fraction of sp³-hybridized carbons (Fsp3) is 0.923. The molecule has 1 aliphatic rings. The molecule has 1 saturated carbocycles. The van der Waals surface area contributed by atoms with Crippen molar-refractivity contribution in [3.8, 4) is 0 Å². The second-order valence-corrected chi connectivity index (χ2v) is 5.87. The van der Waals surface area contributed by atoms with Crippen LogP contribution in [0.15, 0.2) is 0 Å². The maximum absolute atomic E-state index is 11.6. The van der Waals surface area contributed by atoms with Gasteiger partial charge in [-0.05, 0) is 46.0 Å². The quantitative estimate of drug-likeness (QED) is 0.728. The number of hydrogen-bond acceptors (Lipinski definition) is 2. The van der Waals surface area contributed by atoms with E-state index in [1.165, 1.54) is 12.8 Å². The SMILES string of the molecule is CC(C)NC(=O)CC(C)NC(C)C1(C)CC1. The van der Waals surface area contributed by atoms with Gasteiger partial charge in [0.25, 0.3) is 0 Å². The molecular weight excluding hydrogens is 200 g/mol. The Morgan fingerprint density at radius 2 is 1.81 bits per heavy atom. The fourth-order valence-electron chi connectivity index (χ4n) is 1.98. The summed E-state index contributed by atoms with van der Waals surface area (Å²) in [6, 6.07) is 0.999. The molecule has 16 heavy (non-hydrogen) atoms. The Balaban J connectivity index is 2.24. The number of carbonyl (C=O) groups excluding carboxylic acids is 1. The van der Waals surface area contributed by atoms with Gasteiger partial charge in [-0.2, -0.15) is 0 Å². The minimum absolute atomic E-state index is 0.142. The molecule has 0 aromatic carbocycles. The molecule has 0 spiro atoms. The molecule has 0 saturated heterocycles. The number of nitrogens with one attached hydrogen (secondary N) is 2. The van der Waals surface area contributed by atoms with Crippen LogP contribution in [0, 0.1) is 5.41 Å². The summed E-state index contributed by atoms with van der Waals surface area (Å²) >= 11 is 0. The topological polar surface area (TPSA) is 41.1 Å². The lowest BCUT2D eigenvalue weighted by atomic mass is 9.99. The van der Waals surface area contributed by atoms with Crippen molar-refractivity contribution in [3.05, 3.63) is 0 Å². The van der Waals surface area contributed by atoms with Crippen molar-refractivity contribution in [1.29, 1.82) is 0 Å². The molecule has 0 aromatic rings. The molecule has 2 unspecified atom stereocenters. The predicted octanol–water partition coefficient (Wildman–Crippen LogP) is 2.07. The molecular formula is C13H26N2O. The van der Waals surface area contributed by atoms with E-state index in [0.29, 0.717) is 17.9 Å². The Morgan fingerprint density at radius 3 is 2.25 bits per heavy atom. The van der Waals surface area contributed by atoms with E-state index in [1.807, 2.05) is 13.8 Å². The first-order chi connectivity index (χ1) is 7.33. The highest BCUT2D eigenvalue weighted by Crippen LogP contribution is 2.48. The number of rotatable bonds is 6. The standard InChI is InChI=1S/C13H26N2O/c1-9(2)14-12(16)8-10(3)15-11(4)13(5)6-7-13/h9-11,15H,6-8H2,1-5H3,(H,14,16). The average molecular weight is 226 g/mol. The van der Waals surface area contributed by atoms with Gasteiger partial charge in [-0.3, -0.25) is 4.79 Å². The molecule has 1 rings (SSSR count). The summed E-state index contributed by atoms with van der Waals surface area (Å²) in [6.45, 7) is 10.6. The van der Waals surface area contributed by atoms with Crippen LogP contribution in [0.2, 0.25) is 0 Å². The number of carbonyl (C=O) groups is 1. The molecule has 0 heterocycles. The van der Waals surface area contributed by atoms with Crippen LogP contribution in [0.25, 0.3) is 0 Å². The molecule has 0 aliphatic heterocycles. The van der Waals surface area contributed by atoms with E-state index < -0.39 is 0 Å². The molecule has 3 nitrogen and oxygen atoms in total. The van der Waals surface area contributed by atoms with Crippen molar-refractivity contribution in [1.82, 2.24) is 10.6 Å². The van der Waals surface area contributed by atoms with E-state index >= 15 is 0 Å². The minimum Gasteiger partial charge on any atom is -0.354 e. The molecule has 0 radical (unpaired) electrons. The van der Waals surface area contributed by atoms with Crippen molar-refractivity contribution in [2.75, 3.05) is 0 Å². The highest BCUT2D eigenvalue weighted by atomic mass is 16.1. The average Bonchev–Trinajstić information content (AvgIpc) is 2.82. The zero-order chi connectivity index (χ0) is 12.3. The maximum Gasteiger partial charge on any atom is 0.221 e. The van der Waals surface area contributed by atoms with E-state index in [4.69, 9.17) is 0 Å². The fourth-order valence-corrected chi connectivity index (χ4v) is 1.98. The monoisotopic (exact) mass is 226 g/mol. The van der Waals surface area contributed by atoms with E-state index in [1.54, 1.807) is 0 Å². The van der Waals surface area contributed by atoms with E-state index in [0.717, 1.165) is 0 Å². The lowest BCUT2D eigenvalue weighted by Crippen LogP contribution is -2.43. The van der Waals surface area contributed by atoms with Crippen molar-refractivity contribution >= 4 is 5.91 Å². The van der Waals surface area contributed by atoms with E-state index in [9.17, 15) is 4.79 Å². The molecule has 3 heteroatoms. The lowest BCUT2D eigenvalue weighted by Gasteiger charge is -2.25. The molecule has 0 bridgehead atoms. The van der Waals surface area contributed by atoms with Crippen LogP contribution in [0.5, 0.6) is 0 Å². The Bertz CT molecular complexity index is 246. The molecule has 0 aromatic heterocycles. The van der Waals surface area contributed by atoms with Crippen LogP contribution in [0.4, 0.5) is 0 Å². The third kappa shape index (κ3) is 4.12. The van der Waals surface area contributed by atoms with Gasteiger partial charge in [0.05, 0.1) is 0 Å². The van der Waals surface area contributed by atoms with Crippen molar-refractivity contribution in [2.45, 2.75) is 72.0 Å². The Hall–Kier alpha value is -0.570. The summed E-state index contributed by atoms with van der Waals surface area (Å²) in [5.41, 5.74) is 0.475. The smallest absolute Gasteiger partial charge is 0.221 e. The molecule has 2 N–H and O–H groups in total. The lowest BCUT2D eigenvalue weighted by molar-refractivity contribution is -0.122. The molecule has 1 aliphatic carbocycles. The third-order valence-corrected chi connectivity index (χ3v) is 3.56. The van der Waals surface area contributed by atoms with Crippen LogP contribution >= 0.6 is 0 Å². The van der Waals surface area contributed by atoms with Gasteiger partial charge < -0.3 is 10.6 Å². The van der Waals surface area contributed by atoms with Gasteiger partial charge in [0.1, 0.15) is 0 Å². The highest BCUT2D eigenvalue weighted by Gasteiger charge is 2.42. The van der Waals surface area contributed by atoms with Gasteiger partial charge >= 0.3 is 0 Å². The van der Waals surface area contributed by atoms with Crippen LogP contribution in [-0.2, 0) is 4.79 Å². The van der Waals surface area contributed by atoms with Crippen LogP contribution in [-0.4, -0.2) is 24.0 Å². The van der Waals surface area contributed by atoms with Gasteiger partial charge in [0.2, 0.25) is 5.91 Å². The molecule has 94 valence electrons. The zero-order valence-electron chi connectivity index (χ0n) is 11.3. The summed E-state index contributed by atoms with van der Waals surface area (Å²) in [5, 5.41) is 6.45. The second-order valence-electron chi connectivity index (χ2n) is 5.87. The van der Waals surface area contributed by atoms with Gasteiger partial charge in [0.15, 0.2) is 0 Å². The van der Waals surface area contributed by atoms with Gasteiger partial charge in [-0.25, -0.2) is 0 Å². The van der Waals surface area contributed by atoms with Gasteiger partial charge in [-0.1, -0.05) is 6.92 Å². The summed E-state index contributed by atoms with van der Waals surface area (Å²) in [5.74, 6) is 0.142. The third-order valence-electron chi connectivity index (χ3n) is 3.56. The van der Waals surface area contributed by atoms with E-state index in [2.05, 4.69) is 31.4 Å². The first-order valence-electron chi connectivity index (χ1n) is 6.39. The van der Waals surface area contributed by atoms with Gasteiger partial charge in [0, 0.05) is 24.5 Å². The molecule has 1 fully saturated rings. The zero-order valence-corrected chi connectivity index (χ0v) is 11.3. The first-order valence-corrected chi connectivity index (χ1v) is 6.39. The second kappa shape index (κ2) is 5.17.